The number of amides is 1. The maximum Gasteiger partial charge on any atom is 0.410 e. The summed E-state index contributed by atoms with van der Waals surface area (Å²) in [6.45, 7) is 7.17. The van der Waals surface area contributed by atoms with Crippen molar-refractivity contribution in [3.63, 3.8) is 0 Å². The van der Waals surface area contributed by atoms with Gasteiger partial charge in [-0.05, 0) is 69.7 Å². The first-order chi connectivity index (χ1) is 13.3. The van der Waals surface area contributed by atoms with Crippen LogP contribution in [0.2, 0.25) is 5.02 Å². The van der Waals surface area contributed by atoms with Crippen LogP contribution in [0.3, 0.4) is 0 Å². The highest BCUT2D eigenvalue weighted by atomic mass is 35.5. The number of fused-ring (bicyclic) bond motifs is 1. The van der Waals surface area contributed by atoms with Gasteiger partial charge in [0.25, 0.3) is 0 Å². The number of nitrogens with one attached hydrogen (secondary N) is 1. The number of carbonyl (C=O) groups is 1. The molecule has 0 bridgehead atoms. The minimum absolute atomic E-state index is 0.204. The summed E-state index contributed by atoms with van der Waals surface area (Å²) in [5, 5.41) is 3.19. The van der Waals surface area contributed by atoms with E-state index < -0.39 is 5.60 Å². The van der Waals surface area contributed by atoms with E-state index in [4.69, 9.17) is 16.3 Å². The van der Waals surface area contributed by atoms with Crippen molar-refractivity contribution in [2.24, 2.45) is 0 Å². The van der Waals surface area contributed by atoms with Gasteiger partial charge in [0.1, 0.15) is 5.60 Å². The molecule has 3 aliphatic rings. The lowest BCUT2D eigenvalue weighted by molar-refractivity contribution is 0.0238. The molecule has 1 aromatic carbocycles. The summed E-state index contributed by atoms with van der Waals surface area (Å²) in [5.74, 6) is 0. The topological polar surface area (TPSA) is 44.8 Å². The van der Waals surface area contributed by atoms with Crippen LogP contribution in [0.15, 0.2) is 29.8 Å². The fraction of sp³-hybridized carbons (Fsp3) is 0.591. The van der Waals surface area contributed by atoms with Crippen LogP contribution in [-0.2, 0) is 4.74 Å². The zero-order valence-electron chi connectivity index (χ0n) is 17.0. The Bertz CT molecular complexity index is 765. The Kier molecular flexibility index (Phi) is 5.32. The van der Waals surface area contributed by atoms with E-state index in [0.717, 1.165) is 30.0 Å². The molecule has 1 N–H and O–H groups in total. The first-order valence-corrected chi connectivity index (χ1v) is 10.7. The summed E-state index contributed by atoms with van der Waals surface area (Å²) in [6.07, 6.45) is 5.35. The van der Waals surface area contributed by atoms with Gasteiger partial charge in [-0.2, -0.15) is 0 Å². The number of likely N-dealkylation sites (tertiary alicyclic amines) is 1. The predicted molar refractivity (Wildman–Crippen MR) is 112 cm³/mol. The van der Waals surface area contributed by atoms with Crippen LogP contribution in [0.25, 0.3) is 5.70 Å². The molecule has 6 heteroatoms. The van der Waals surface area contributed by atoms with Crippen LogP contribution in [-0.4, -0.2) is 46.8 Å². The van der Waals surface area contributed by atoms with E-state index in [2.05, 4.69) is 22.6 Å². The zero-order valence-corrected chi connectivity index (χ0v) is 17.8. The van der Waals surface area contributed by atoms with Crippen molar-refractivity contribution in [3.8, 4) is 0 Å². The van der Waals surface area contributed by atoms with E-state index in [1.165, 1.54) is 30.5 Å². The second-order valence-corrected chi connectivity index (χ2v) is 9.47. The molecule has 4 rings (SSSR count). The lowest BCUT2D eigenvalue weighted by Crippen LogP contribution is -2.50. The Morgan fingerprint density at radius 3 is 2.46 bits per heavy atom. The molecule has 1 aliphatic carbocycles. The van der Waals surface area contributed by atoms with Gasteiger partial charge in [-0.15, -0.1) is 0 Å². The van der Waals surface area contributed by atoms with E-state index in [1.807, 2.05) is 37.8 Å². The summed E-state index contributed by atoms with van der Waals surface area (Å²) in [5.41, 5.74) is 7.01. The summed E-state index contributed by atoms with van der Waals surface area (Å²) in [4.78, 5) is 14.5. The maximum absolute atomic E-state index is 12.6. The lowest BCUT2D eigenvalue weighted by Gasteiger charge is -2.39. The Hall–Kier alpha value is -1.72. The highest BCUT2D eigenvalue weighted by Crippen LogP contribution is 2.39. The molecule has 2 aliphatic heterocycles. The molecule has 1 saturated carbocycles. The van der Waals surface area contributed by atoms with Gasteiger partial charge in [0.05, 0.1) is 11.7 Å². The SMILES string of the molecule is CC(C)(C)OC(=O)N1CCC2=C(c3ccc(Cl)cc3)NN(C3CCC3)C2CC1. The van der Waals surface area contributed by atoms with E-state index in [0.29, 0.717) is 18.6 Å². The number of nitrogens with zero attached hydrogens (tertiary/aromatic N) is 2. The van der Waals surface area contributed by atoms with Crippen molar-refractivity contribution >= 4 is 23.4 Å². The smallest absolute Gasteiger partial charge is 0.410 e. The van der Waals surface area contributed by atoms with Gasteiger partial charge in [-0.1, -0.05) is 30.2 Å². The number of hydrogen-bond donors (Lipinski definition) is 1. The Morgan fingerprint density at radius 2 is 1.86 bits per heavy atom. The standard InChI is InChI=1S/C22H30ClN3O2/c1-22(2,3)28-21(27)25-13-11-18-19(12-14-25)26(17-5-4-6-17)24-20(18)15-7-9-16(23)10-8-15/h7-10,17,19,24H,4-6,11-14H2,1-3H3. The fourth-order valence-corrected chi connectivity index (χ4v) is 4.38. The number of hydrogen-bond acceptors (Lipinski definition) is 4. The summed E-state index contributed by atoms with van der Waals surface area (Å²) >= 11 is 6.09. The Labute approximate surface area is 172 Å². The molecule has 0 spiro atoms. The first-order valence-electron chi connectivity index (χ1n) is 10.3. The van der Waals surface area contributed by atoms with Gasteiger partial charge in [0, 0.05) is 24.2 Å². The molecule has 1 saturated heterocycles. The van der Waals surface area contributed by atoms with Gasteiger partial charge >= 0.3 is 6.09 Å². The third-order valence-electron chi connectivity index (χ3n) is 5.88. The quantitative estimate of drug-likeness (QED) is 0.768. The number of hydrazine groups is 1. The van der Waals surface area contributed by atoms with Gasteiger partial charge in [-0.25, -0.2) is 9.80 Å². The molecule has 152 valence electrons. The number of carbonyl (C=O) groups excluding carboxylic acids is 1. The number of ether oxygens (including phenoxy) is 1. The van der Waals surface area contributed by atoms with Gasteiger partial charge in [0.15, 0.2) is 0 Å². The first kappa shape index (κ1) is 19.6. The molecular formula is C22H30ClN3O2. The molecule has 0 radical (unpaired) electrons. The van der Waals surface area contributed by atoms with E-state index in [1.54, 1.807) is 0 Å². The highest BCUT2D eigenvalue weighted by Gasteiger charge is 2.41. The van der Waals surface area contributed by atoms with Gasteiger partial charge in [-0.3, -0.25) is 0 Å². The van der Waals surface area contributed by atoms with Crippen molar-refractivity contribution in [1.29, 1.82) is 0 Å². The molecule has 1 atom stereocenters. The van der Waals surface area contributed by atoms with E-state index in [-0.39, 0.29) is 6.09 Å². The number of benzene rings is 1. The van der Waals surface area contributed by atoms with E-state index >= 15 is 0 Å². The largest absolute Gasteiger partial charge is 0.444 e. The molecule has 2 heterocycles. The normalized spacial score (nSPS) is 23.7. The van der Waals surface area contributed by atoms with Crippen molar-refractivity contribution < 1.29 is 9.53 Å². The minimum atomic E-state index is -0.466. The predicted octanol–water partition coefficient (Wildman–Crippen LogP) is 4.82. The van der Waals surface area contributed by atoms with Crippen molar-refractivity contribution in [3.05, 3.63) is 40.4 Å². The number of halogens is 1. The van der Waals surface area contributed by atoms with Crippen molar-refractivity contribution in [2.75, 3.05) is 13.1 Å². The monoisotopic (exact) mass is 403 g/mol. The Morgan fingerprint density at radius 1 is 1.14 bits per heavy atom. The van der Waals surface area contributed by atoms with Crippen LogP contribution in [0.5, 0.6) is 0 Å². The molecular weight excluding hydrogens is 374 g/mol. The lowest BCUT2D eigenvalue weighted by atomic mass is 9.90. The molecule has 2 fully saturated rings. The Balaban J connectivity index is 1.58. The van der Waals surface area contributed by atoms with Gasteiger partial charge < -0.3 is 15.1 Å². The molecule has 1 amide bonds. The third-order valence-corrected chi connectivity index (χ3v) is 6.13. The van der Waals surface area contributed by atoms with Crippen LogP contribution < -0.4 is 5.43 Å². The fourth-order valence-electron chi connectivity index (χ4n) is 4.25. The molecule has 5 nitrogen and oxygen atoms in total. The van der Waals surface area contributed by atoms with Crippen LogP contribution in [0, 0.1) is 0 Å². The minimum Gasteiger partial charge on any atom is -0.444 e. The van der Waals surface area contributed by atoms with E-state index in [9.17, 15) is 4.79 Å². The van der Waals surface area contributed by atoms with Gasteiger partial charge in [0.2, 0.25) is 0 Å². The van der Waals surface area contributed by atoms with Crippen LogP contribution in [0.1, 0.15) is 58.4 Å². The summed E-state index contributed by atoms with van der Waals surface area (Å²) < 4.78 is 5.61. The molecule has 1 unspecified atom stereocenters. The average Bonchev–Trinajstić information content (AvgIpc) is 2.77. The second-order valence-electron chi connectivity index (χ2n) is 9.03. The second kappa shape index (κ2) is 7.60. The molecule has 28 heavy (non-hydrogen) atoms. The van der Waals surface area contributed by atoms with Crippen LogP contribution >= 0.6 is 11.6 Å². The summed E-state index contributed by atoms with van der Waals surface area (Å²) in [7, 11) is 0. The third kappa shape index (κ3) is 4.01. The summed E-state index contributed by atoms with van der Waals surface area (Å²) in [6, 6.07) is 8.96. The zero-order chi connectivity index (χ0) is 19.9. The van der Waals surface area contributed by atoms with Crippen molar-refractivity contribution in [1.82, 2.24) is 15.3 Å². The average molecular weight is 404 g/mol. The number of rotatable bonds is 2. The molecule has 1 aromatic rings. The van der Waals surface area contributed by atoms with Crippen LogP contribution in [0.4, 0.5) is 4.79 Å². The van der Waals surface area contributed by atoms with Crippen molar-refractivity contribution in [2.45, 2.75) is 70.6 Å². The maximum atomic E-state index is 12.6. The highest BCUT2D eigenvalue weighted by molar-refractivity contribution is 6.30. The molecule has 0 aromatic heterocycles.